The zero-order valence-corrected chi connectivity index (χ0v) is 23.7. The average molecular weight is 544 g/mol. The second-order valence-electron chi connectivity index (χ2n) is 9.78. The summed E-state index contributed by atoms with van der Waals surface area (Å²) >= 11 is 0. The second-order valence-corrected chi connectivity index (χ2v) is 11.1. The van der Waals surface area contributed by atoms with Crippen LogP contribution in [-0.4, -0.2) is 52.0 Å². The molecule has 1 fully saturated rings. The molecule has 2 aliphatic rings. The number of rotatable bonds is 11. The minimum absolute atomic E-state index is 0.206. The van der Waals surface area contributed by atoms with Gasteiger partial charge in [0.2, 0.25) is 0 Å². The molecule has 0 bridgehead atoms. The molecule has 206 valence electrons. The van der Waals surface area contributed by atoms with E-state index in [9.17, 15) is 13.4 Å². The maximum atomic E-state index is 14.8. The summed E-state index contributed by atoms with van der Waals surface area (Å²) in [4.78, 5) is 24.5. The van der Waals surface area contributed by atoms with Crippen LogP contribution in [0.5, 0.6) is 0 Å². The number of carbonyl (C=O) groups is 2. The van der Waals surface area contributed by atoms with Gasteiger partial charge in [0, 0.05) is 25.2 Å². The largest absolute Gasteiger partial charge is 0.481 e. The van der Waals surface area contributed by atoms with Crippen LogP contribution in [0.15, 0.2) is 46.9 Å². The van der Waals surface area contributed by atoms with Crippen molar-refractivity contribution in [3.63, 3.8) is 0 Å². The summed E-state index contributed by atoms with van der Waals surface area (Å²) in [6.45, 7) is 10.5. The van der Waals surface area contributed by atoms with Gasteiger partial charge in [-0.05, 0) is 73.8 Å². The summed E-state index contributed by atoms with van der Waals surface area (Å²) < 4.78 is 32.9. The van der Waals surface area contributed by atoms with Crippen LogP contribution in [0.4, 0.5) is 4.39 Å². The fraction of sp³-hybridized carbons (Fsp3) is 0.467. The van der Waals surface area contributed by atoms with Crippen LogP contribution in [0.3, 0.4) is 0 Å². The number of esters is 1. The number of hydrogen-bond donors (Lipinski definition) is 1. The molecular formula is C30H38FNO5S. The van der Waals surface area contributed by atoms with Gasteiger partial charge in [0.05, 0.1) is 21.6 Å². The molecule has 38 heavy (non-hydrogen) atoms. The first-order valence-electron chi connectivity index (χ1n) is 13.2. The van der Waals surface area contributed by atoms with Crippen molar-refractivity contribution < 1.29 is 28.0 Å². The van der Waals surface area contributed by atoms with E-state index in [2.05, 4.69) is 24.8 Å². The predicted octanol–water partition coefficient (Wildman–Crippen LogP) is 5.80. The Balaban J connectivity index is 0.000000934. The number of unbranched alkanes of at least 4 members (excludes halogenated alkanes) is 2. The lowest BCUT2D eigenvalue weighted by Crippen LogP contribution is -2.24. The van der Waals surface area contributed by atoms with Gasteiger partial charge in [0.15, 0.2) is 5.60 Å². The molecule has 3 unspecified atom stereocenters. The van der Waals surface area contributed by atoms with Gasteiger partial charge in [-0.3, -0.25) is 13.8 Å². The summed E-state index contributed by atoms with van der Waals surface area (Å²) in [5.41, 5.74) is 3.81. The van der Waals surface area contributed by atoms with Gasteiger partial charge >= 0.3 is 5.97 Å². The fourth-order valence-corrected chi connectivity index (χ4v) is 5.95. The highest BCUT2D eigenvalue weighted by Gasteiger charge is 2.68. The Bertz CT molecular complexity index is 1240. The maximum absolute atomic E-state index is 14.8. The van der Waals surface area contributed by atoms with E-state index in [4.69, 9.17) is 14.6 Å². The van der Waals surface area contributed by atoms with Crippen LogP contribution < -0.4 is 0 Å². The molecule has 4 rings (SSSR count). The van der Waals surface area contributed by atoms with Crippen LogP contribution in [0.25, 0.3) is 6.08 Å². The Morgan fingerprint density at radius 2 is 1.79 bits per heavy atom. The van der Waals surface area contributed by atoms with Crippen molar-refractivity contribution in [3.8, 4) is 0 Å². The minimum atomic E-state index is -1.40. The summed E-state index contributed by atoms with van der Waals surface area (Å²) in [6.07, 6.45) is 6.78. The number of nitrogens with zero attached hydrogens (tertiary/aromatic N) is 1. The summed E-state index contributed by atoms with van der Waals surface area (Å²) in [6, 6.07) is 11.1. The highest BCUT2D eigenvalue weighted by atomic mass is 32.2. The highest BCUT2D eigenvalue weighted by molar-refractivity contribution is 7.84. The second kappa shape index (κ2) is 12.8. The van der Waals surface area contributed by atoms with E-state index in [0.29, 0.717) is 6.42 Å². The zero-order chi connectivity index (χ0) is 28.0. The van der Waals surface area contributed by atoms with Crippen LogP contribution in [0.2, 0.25) is 0 Å². The first-order valence-corrected chi connectivity index (χ1v) is 14.7. The average Bonchev–Trinajstić information content (AvgIpc) is 3.35. The third kappa shape index (κ3) is 6.41. The Labute approximate surface area is 227 Å². The molecule has 2 aliphatic carbocycles. The standard InChI is InChI=1S/C28H34FNO3S.C2H4O2/c1-5-30(6-2)15-11-7-8-14-26(31)33-28-22-13-10-9-12-20(22)17-23(28)27(28)21-18-24(29)25(34(4)32)16-19(21)3;1-2(3)4/h9-10,12-13,16-18,27H,5-8,11,14-15H2,1-4H3;1H3,(H,3,4). The van der Waals surface area contributed by atoms with Crippen molar-refractivity contribution >= 4 is 28.8 Å². The van der Waals surface area contributed by atoms with E-state index < -0.39 is 28.2 Å². The van der Waals surface area contributed by atoms with Crippen LogP contribution in [0.1, 0.15) is 74.6 Å². The van der Waals surface area contributed by atoms with E-state index in [1.54, 1.807) is 6.07 Å². The molecule has 2 aromatic rings. The van der Waals surface area contributed by atoms with Gasteiger partial charge in [0.1, 0.15) is 5.82 Å². The molecule has 1 saturated carbocycles. The smallest absolute Gasteiger partial charge is 0.307 e. The van der Waals surface area contributed by atoms with E-state index >= 15 is 0 Å². The minimum Gasteiger partial charge on any atom is -0.481 e. The van der Waals surface area contributed by atoms with Gasteiger partial charge in [-0.1, -0.05) is 50.6 Å². The van der Waals surface area contributed by atoms with Crippen molar-refractivity contribution in [1.29, 1.82) is 0 Å². The Morgan fingerprint density at radius 1 is 1.13 bits per heavy atom. The SMILES string of the molecule is CC(=O)O.CCN(CC)CCCCCC(=O)OC12C(=Cc3ccccc31)C2c1cc(F)c(S(C)=O)cc1C. The number of carboxylic acid groups (broad SMARTS) is 1. The van der Waals surface area contributed by atoms with Gasteiger partial charge in [0.25, 0.3) is 5.97 Å². The molecule has 1 N–H and O–H groups in total. The van der Waals surface area contributed by atoms with Crippen molar-refractivity contribution in [2.45, 2.75) is 69.8 Å². The number of aliphatic carboxylic acids is 1. The molecule has 0 spiro atoms. The van der Waals surface area contributed by atoms with Gasteiger partial charge in [-0.25, -0.2) is 4.39 Å². The normalized spacial score (nSPS) is 19.6. The molecule has 2 aromatic carbocycles. The van der Waals surface area contributed by atoms with Crippen LogP contribution in [-0.2, 0) is 30.7 Å². The summed E-state index contributed by atoms with van der Waals surface area (Å²) in [5.74, 6) is -1.73. The van der Waals surface area contributed by atoms with Gasteiger partial charge < -0.3 is 14.7 Å². The highest BCUT2D eigenvalue weighted by Crippen LogP contribution is 2.71. The lowest BCUT2D eigenvalue weighted by Gasteiger charge is -2.20. The van der Waals surface area contributed by atoms with E-state index in [-0.39, 0.29) is 16.8 Å². The number of aryl methyl sites for hydroxylation is 1. The predicted molar refractivity (Wildman–Crippen MR) is 148 cm³/mol. The molecule has 3 atom stereocenters. The lowest BCUT2D eigenvalue weighted by molar-refractivity contribution is -0.151. The third-order valence-electron chi connectivity index (χ3n) is 7.20. The molecule has 8 heteroatoms. The van der Waals surface area contributed by atoms with E-state index in [0.717, 1.165) is 73.6 Å². The molecular weight excluding hydrogens is 505 g/mol. The van der Waals surface area contributed by atoms with Crippen LogP contribution in [0, 0.1) is 12.7 Å². The number of ether oxygens (including phenoxy) is 1. The molecule has 0 heterocycles. The number of halogens is 1. The molecule has 0 radical (unpaired) electrons. The Kier molecular flexibility index (Phi) is 10.0. The van der Waals surface area contributed by atoms with E-state index in [1.165, 1.54) is 12.3 Å². The summed E-state index contributed by atoms with van der Waals surface area (Å²) in [5, 5.41) is 7.42. The number of benzene rings is 2. The monoisotopic (exact) mass is 543 g/mol. The first kappa shape index (κ1) is 29.7. The topological polar surface area (TPSA) is 83.9 Å². The van der Waals surface area contributed by atoms with Crippen molar-refractivity contribution in [3.05, 3.63) is 70.0 Å². The quantitative estimate of drug-likeness (QED) is 0.285. The number of fused-ring (bicyclic) bond motifs is 3. The molecule has 0 amide bonds. The zero-order valence-electron chi connectivity index (χ0n) is 22.9. The molecule has 0 saturated heterocycles. The van der Waals surface area contributed by atoms with E-state index in [1.807, 2.05) is 31.2 Å². The lowest BCUT2D eigenvalue weighted by atomic mass is 9.94. The van der Waals surface area contributed by atoms with Crippen LogP contribution >= 0.6 is 0 Å². The van der Waals surface area contributed by atoms with Crippen molar-refractivity contribution in [1.82, 2.24) is 4.90 Å². The maximum Gasteiger partial charge on any atom is 0.307 e. The molecule has 0 aliphatic heterocycles. The molecule has 6 nitrogen and oxygen atoms in total. The molecule has 0 aromatic heterocycles. The fourth-order valence-electron chi connectivity index (χ4n) is 5.27. The summed E-state index contributed by atoms with van der Waals surface area (Å²) in [7, 11) is -1.40. The first-order chi connectivity index (χ1) is 18.1. The number of carboxylic acids is 1. The third-order valence-corrected chi connectivity index (χ3v) is 8.13. The van der Waals surface area contributed by atoms with Crippen molar-refractivity contribution in [2.75, 3.05) is 25.9 Å². The Morgan fingerprint density at radius 3 is 2.42 bits per heavy atom. The van der Waals surface area contributed by atoms with Crippen molar-refractivity contribution in [2.24, 2.45) is 0 Å². The number of carbonyl (C=O) groups excluding carboxylic acids is 1. The number of hydrogen-bond acceptors (Lipinski definition) is 5. The van der Waals surface area contributed by atoms with Gasteiger partial charge in [-0.2, -0.15) is 0 Å². The Hall–Kier alpha value is -2.84. The van der Waals surface area contributed by atoms with Gasteiger partial charge in [-0.15, -0.1) is 0 Å².